The molecule has 0 rings (SSSR count). The van der Waals surface area contributed by atoms with Gasteiger partial charge < -0.3 is 4.74 Å². The van der Waals surface area contributed by atoms with Gasteiger partial charge in [-0.2, -0.15) is 8.42 Å². The highest BCUT2D eigenvalue weighted by molar-refractivity contribution is 8.12. The smallest absolute Gasteiger partial charge is 0.421 e. The van der Waals surface area contributed by atoms with Gasteiger partial charge in [-0.05, 0) is 6.42 Å². The summed E-state index contributed by atoms with van der Waals surface area (Å²) in [6, 6.07) is 0. The Labute approximate surface area is 69.2 Å². The Bertz CT molecular complexity index is 224. The third-order valence-electron chi connectivity index (χ3n) is 0.643. The van der Waals surface area contributed by atoms with E-state index in [4.69, 9.17) is 0 Å². The topological polar surface area (TPSA) is 72.5 Å². The third kappa shape index (κ3) is 7.41. The number of carbonyl (C=O) groups is 1. The molecule has 1 amide bonds. The Balaban J connectivity index is 3.71. The Morgan fingerprint density at radius 3 is 2.55 bits per heavy atom. The zero-order valence-corrected chi connectivity index (χ0v) is 7.41. The van der Waals surface area contributed by atoms with Crippen LogP contribution in [0.3, 0.4) is 0 Å². The molecule has 0 aromatic heterocycles. The standard InChI is InChI=1S/C4H8ClNO4S/c1-2-3-10-4(7)6-11(5,8)9/h2-3H2,1H3,(H,6,7). The van der Waals surface area contributed by atoms with Gasteiger partial charge in [0.05, 0.1) is 6.61 Å². The molecule has 0 saturated carbocycles. The second kappa shape index (κ2) is 4.40. The van der Waals surface area contributed by atoms with E-state index in [-0.39, 0.29) is 6.61 Å². The minimum atomic E-state index is -4.01. The normalized spacial score (nSPS) is 10.7. The summed E-state index contributed by atoms with van der Waals surface area (Å²) in [5.41, 5.74) is 0. The molecule has 1 N–H and O–H groups in total. The summed E-state index contributed by atoms with van der Waals surface area (Å²) >= 11 is 0. The van der Waals surface area contributed by atoms with Crippen molar-refractivity contribution in [2.24, 2.45) is 0 Å². The number of hydrogen-bond donors (Lipinski definition) is 1. The molecule has 0 aliphatic rings. The van der Waals surface area contributed by atoms with E-state index in [0.29, 0.717) is 6.42 Å². The lowest BCUT2D eigenvalue weighted by Gasteiger charge is -2.00. The number of ether oxygens (including phenoxy) is 1. The van der Waals surface area contributed by atoms with Gasteiger partial charge in [-0.1, -0.05) is 6.92 Å². The number of carbonyl (C=O) groups excluding carboxylic acids is 1. The molecule has 0 aliphatic heterocycles. The van der Waals surface area contributed by atoms with Crippen LogP contribution in [0.4, 0.5) is 4.79 Å². The molecule has 0 aromatic rings. The van der Waals surface area contributed by atoms with Crippen LogP contribution in [0.25, 0.3) is 0 Å². The van der Waals surface area contributed by atoms with Gasteiger partial charge in [0.1, 0.15) is 0 Å². The zero-order chi connectivity index (χ0) is 8.91. The fraction of sp³-hybridized carbons (Fsp3) is 0.750. The fourth-order valence-electron chi connectivity index (χ4n) is 0.324. The Kier molecular flexibility index (Phi) is 4.20. The summed E-state index contributed by atoms with van der Waals surface area (Å²) in [4.78, 5) is 10.4. The second-order valence-corrected chi connectivity index (χ2v) is 3.97. The van der Waals surface area contributed by atoms with E-state index >= 15 is 0 Å². The summed E-state index contributed by atoms with van der Waals surface area (Å²) in [7, 11) is 0.661. The monoisotopic (exact) mass is 201 g/mol. The third-order valence-corrected chi connectivity index (χ3v) is 1.28. The number of hydrogen-bond acceptors (Lipinski definition) is 4. The number of nitrogens with one attached hydrogen (secondary N) is 1. The van der Waals surface area contributed by atoms with Gasteiger partial charge in [0.25, 0.3) is 0 Å². The Morgan fingerprint density at radius 1 is 1.64 bits per heavy atom. The van der Waals surface area contributed by atoms with Gasteiger partial charge in [-0.3, -0.25) is 0 Å². The molecule has 0 saturated heterocycles. The first-order chi connectivity index (χ1) is 4.95. The van der Waals surface area contributed by atoms with Gasteiger partial charge in [0, 0.05) is 10.7 Å². The molecular formula is C4H8ClNO4S. The van der Waals surface area contributed by atoms with Crippen LogP contribution in [-0.4, -0.2) is 21.1 Å². The molecule has 66 valence electrons. The van der Waals surface area contributed by atoms with Gasteiger partial charge in [0.2, 0.25) is 0 Å². The molecule has 0 spiro atoms. The Morgan fingerprint density at radius 2 is 2.18 bits per heavy atom. The van der Waals surface area contributed by atoms with Crippen LogP contribution in [0, 0.1) is 0 Å². The quantitative estimate of drug-likeness (QED) is 0.679. The van der Waals surface area contributed by atoms with Crippen molar-refractivity contribution in [2.75, 3.05) is 6.61 Å². The van der Waals surface area contributed by atoms with Crippen LogP contribution < -0.4 is 4.72 Å². The maximum atomic E-state index is 10.4. The van der Waals surface area contributed by atoms with Crippen molar-refractivity contribution in [3.05, 3.63) is 0 Å². The first-order valence-electron chi connectivity index (χ1n) is 2.85. The molecule has 0 atom stereocenters. The van der Waals surface area contributed by atoms with Gasteiger partial charge in [0.15, 0.2) is 0 Å². The van der Waals surface area contributed by atoms with Crippen molar-refractivity contribution < 1.29 is 17.9 Å². The minimum Gasteiger partial charge on any atom is -0.449 e. The van der Waals surface area contributed by atoms with Gasteiger partial charge in [-0.15, -0.1) is 0 Å². The molecule has 0 unspecified atom stereocenters. The molecule has 0 fully saturated rings. The van der Waals surface area contributed by atoms with E-state index in [1.165, 1.54) is 4.72 Å². The SMILES string of the molecule is CCCOC(=O)NS(=O)(=O)Cl. The highest BCUT2D eigenvalue weighted by atomic mass is 35.7. The van der Waals surface area contributed by atoms with Crippen molar-refractivity contribution in [3.8, 4) is 0 Å². The predicted molar refractivity (Wildman–Crippen MR) is 39.5 cm³/mol. The van der Waals surface area contributed by atoms with E-state index in [9.17, 15) is 13.2 Å². The first kappa shape index (κ1) is 10.5. The molecule has 0 heterocycles. The van der Waals surface area contributed by atoms with Crippen molar-refractivity contribution in [1.29, 1.82) is 0 Å². The minimum absolute atomic E-state index is 0.165. The Hall–Kier alpha value is -0.490. The molecule has 7 heteroatoms. The lowest BCUT2D eigenvalue weighted by molar-refractivity contribution is 0.153. The number of amides is 1. The van der Waals surface area contributed by atoms with E-state index in [2.05, 4.69) is 15.4 Å². The molecule has 5 nitrogen and oxygen atoms in total. The highest BCUT2D eigenvalue weighted by Gasteiger charge is 2.10. The summed E-state index contributed by atoms with van der Waals surface area (Å²) in [6.07, 6.45) is -0.433. The van der Waals surface area contributed by atoms with E-state index in [1.54, 1.807) is 6.92 Å². The van der Waals surface area contributed by atoms with Gasteiger partial charge >= 0.3 is 15.3 Å². The fourth-order valence-corrected chi connectivity index (χ4v) is 0.771. The van der Waals surface area contributed by atoms with Crippen LogP contribution in [0.15, 0.2) is 0 Å². The van der Waals surface area contributed by atoms with E-state index in [1.807, 2.05) is 0 Å². The van der Waals surface area contributed by atoms with Crippen LogP contribution in [0.1, 0.15) is 13.3 Å². The van der Waals surface area contributed by atoms with Gasteiger partial charge in [-0.25, -0.2) is 9.52 Å². The molecule has 0 aromatic carbocycles. The average Bonchev–Trinajstić information content (AvgIpc) is 1.79. The molecular weight excluding hydrogens is 194 g/mol. The van der Waals surface area contributed by atoms with Crippen molar-refractivity contribution in [2.45, 2.75) is 13.3 Å². The van der Waals surface area contributed by atoms with E-state index in [0.717, 1.165) is 0 Å². The second-order valence-electron chi connectivity index (χ2n) is 1.68. The van der Waals surface area contributed by atoms with Crippen molar-refractivity contribution in [3.63, 3.8) is 0 Å². The summed E-state index contributed by atoms with van der Waals surface area (Å²) in [6.45, 7) is 1.95. The number of rotatable bonds is 3. The maximum Gasteiger partial charge on any atom is 0.421 e. The summed E-state index contributed by atoms with van der Waals surface area (Å²) < 4.78 is 26.1. The average molecular weight is 202 g/mol. The summed E-state index contributed by atoms with van der Waals surface area (Å²) in [5.74, 6) is 0. The highest BCUT2D eigenvalue weighted by Crippen LogP contribution is 1.91. The lowest BCUT2D eigenvalue weighted by atomic mass is 10.5. The molecule has 0 radical (unpaired) electrons. The van der Waals surface area contributed by atoms with Crippen molar-refractivity contribution >= 4 is 26.0 Å². The lowest BCUT2D eigenvalue weighted by Crippen LogP contribution is -2.27. The maximum absolute atomic E-state index is 10.4. The van der Waals surface area contributed by atoms with Crippen LogP contribution in [0.2, 0.25) is 0 Å². The number of halogens is 1. The van der Waals surface area contributed by atoms with Crippen LogP contribution in [-0.2, 0) is 14.0 Å². The molecule has 0 bridgehead atoms. The first-order valence-corrected chi connectivity index (χ1v) is 5.16. The molecule has 0 aliphatic carbocycles. The molecule has 11 heavy (non-hydrogen) atoms. The largest absolute Gasteiger partial charge is 0.449 e. The van der Waals surface area contributed by atoms with Crippen molar-refractivity contribution in [1.82, 2.24) is 4.72 Å². The zero-order valence-electron chi connectivity index (χ0n) is 5.83. The summed E-state index contributed by atoms with van der Waals surface area (Å²) in [5, 5.41) is 0. The van der Waals surface area contributed by atoms with Crippen LogP contribution >= 0.6 is 10.7 Å². The van der Waals surface area contributed by atoms with Crippen LogP contribution in [0.5, 0.6) is 0 Å². The van der Waals surface area contributed by atoms with E-state index < -0.39 is 15.3 Å². The predicted octanol–water partition coefficient (Wildman–Crippen LogP) is 0.606.